The van der Waals surface area contributed by atoms with Gasteiger partial charge in [-0.15, -0.1) is 0 Å². The molecule has 12 heavy (non-hydrogen) atoms. The summed E-state index contributed by atoms with van der Waals surface area (Å²) in [5, 5.41) is 9.98. The Bertz CT molecular complexity index is 117. The average molecular weight is 173 g/mol. The highest BCUT2D eigenvalue weighted by atomic mass is 16.3. The van der Waals surface area contributed by atoms with E-state index in [9.17, 15) is 5.11 Å². The maximum Gasteiger partial charge on any atom is 0.0768 e. The summed E-state index contributed by atoms with van der Waals surface area (Å²) in [6, 6.07) is 0. The van der Waals surface area contributed by atoms with Crippen LogP contribution in [0.5, 0.6) is 0 Å². The van der Waals surface area contributed by atoms with Crippen LogP contribution in [-0.4, -0.2) is 35.2 Å². The van der Waals surface area contributed by atoms with Crippen LogP contribution in [0.2, 0.25) is 0 Å². The van der Waals surface area contributed by atoms with Crippen molar-refractivity contribution in [1.82, 2.24) is 4.90 Å². The van der Waals surface area contributed by atoms with Gasteiger partial charge < -0.3 is 10.0 Å². The van der Waals surface area contributed by atoms with Crippen molar-refractivity contribution >= 4 is 0 Å². The van der Waals surface area contributed by atoms with Crippen LogP contribution in [0.3, 0.4) is 0 Å². The van der Waals surface area contributed by atoms with Gasteiger partial charge in [0.25, 0.3) is 0 Å². The first-order chi connectivity index (χ1) is 5.44. The van der Waals surface area contributed by atoms with Crippen LogP contribution in [0.1, 0.15) is 34.6 Å². The van der Waals surface area contributed by atoms with Crippen LogP contribution in [-0.2, 0) is 0 Å². The minimum absolute atomic E-state index is 0.318. The third kappa shape index (κ3) is 3.55. The van der Waals surface area contributed by atoms with Crippen LogP contribution in [0, 0.1) is 5.92 Å². The minimum Gasteiger partial charge on any atom is -0.389 e. The Kier molecular flexibility index (Phi) is 4.80. The number of likely N-dealkylation sites (N-methyl/N-ethyl adjacent to an activating group) is 1. The third-order valence-corrected chi connectivity index (χ3v) is 2.68. The van der Waals surface area contributed by atoms with E-state index in [4.69, 9.17) is 0 Å². The molecule has 1 atom stereocenters. The highest BCUT2D eigenvalue weighted by Crippen LogP contribution is 2.17. The average Bonchev–Trinajstić information content (AvgIpc) is 2.00. The summed E-state index contributed by atoms with van der Waals surface area (Å²) in [5.74, 6) is 0.318. The lowest BCUT2D eigenvalue weighted by Gasteiger charge is -2.33. The van der Waals surface area contributed by atoms with Crippen molar-refractivity contribution in [3.8, 4) is 0 Å². The molecule has 0 aromatic carbocycles. The topological polar surface area (TPSA) is 23.5 Å². The van der Waals surface area contributed by atoms with Gasteiger partial charge in [-0.05, 0) is 25.9 Å². The van der Waals surface area contributed by atoms with Crippen LogP contribution in [0.25, 0.3) is 0 Å². The molecule has 0 spiro atoms. The van der Waals surface area contributed by atoms with E-state index >= 15 is 0 Å². The highest BCUT2D eigenvalue weighted by Gasteiger charge is 2.26. The lowest BCUT2D eigenvalue weighted by molar-refractivity contribution is -0.0165. The normalized spacial score (nSPS) is 17.0. The fourth-order valence-electron chi connectivity index (χ4n) is 1.08. The predicted octanol–water partition coefficient (Wildman–Crippen LogP) is 1.74. The lowest BCUT2D eigenvalue weighted by Crippen LogP contribution is -2.44. The molecule has 0 radical (unpaired) electrons. The first-order valence-corrected chi connectivity index (χ1v) is 4.88. The number of nitrogens with zero attached hydrogens (tertiary/aromatic N) is 1. The van der Waals surface area contributed by atoms with Gasteiger partial charge in [0, 0.05) is 6.54 Å². The van der Waals surface area contributed by atoms with Gasteiger partial charge in [0.15, 0.2) is 0 Å². The van der Waals surface area contributed by atoms with Crippen LogP contribution in [0.4, 0.5) is 0 Å². The van der Waals surface area contributed by atoms with E-state index in [2.05, 4.69) is 32.6 Å². The molecule has 0 aliphatic rings. The smallest absolute Gasteiger partial charge is 0.0768 e. The Balaban J connectivity index is 4.02. The van der Waals surface area contributed by atoms with E-state index in [-0.39, 0.29) is 0 Å². The zero-order valence-electron chi connectivity index (χ0n) is 9.09. The van der Waals surface area contributed by atoms with Crippen molar-refractivity contribution in [2.45, 2.75) is 40.2 Å². The van der Waals surface area contributed by atoms with Crippen molar-refractivity contribution < 1.29 is 5.11 Å². The molecule has 0 aliphatic carbocycles. The molecule has 0 bridgehead atoms. The van der Waals surface area contributed by atoms with Crippen LogP contribution < -0.4 is 0 Å². The van der Waals surface area contributed by atoms with Gasteiger partial charge in [-0.2, -0.15) is 0 Å². The van der Waals surface area contributed by atoms with E-state index in [1.165, 1.54) is 0 Å². The summed E-state index contributed by atoms with van der Waals surface area (Å²) in [4.78, 5) is 2.25. The molecular weight excluding hydrogens is 150 g/mol. The zero-order valence-corrected chi connectivity index (χ0v) is 9.09. The molecule has 0 saturated heterocycles. The largest absolute Gasteiger partial charge is 0.389 e. The van der Waals surface area contributed by atoms with Gasteiger partial charge in [0.1, 0.15) is 0 Å². The molecule has 0 aromatic heterocycles. The molecule has 0 amide bonds. The van der Waals surface area contributed by atoms with E-state index in [0.29, 0.717) is 5.92 Å². The Labute approximate surface area is 76.6 Å². The molecule has 0 aliphatic heterocycles. The minimum atomic E-state index is -0.550. The first-order valence-electron chi connectivity index (χ1n) is 4.88. The molecule has 0 aromatic rings. The van der Waals surface area contributed by atoms with Gasteiger partial charge in [0.2, 0.25) is 0 Å². The van der Waals surface area contributed by atoms with E-state index in [1.54, 1.807) is 0 Å². The standard InChI is InChI=1S/C10H23NO/c1-6-11(7-2)8-10(5,12)9(3)4/h9,12H,6-8H2,1-5H3. The van der Waals surface area contributed by atoms with Crippen molar-refractivity contribution in [2.75, 3.05) is 19.6 Å². The van der Waals surface area contributed by atoms with Gasteiger partial charge in [-0.3, -0.25) is 0 Å². The molecule has 74 valence electrons. The second kappa shape index (κ2) is 4.83. The molecule has 2 nitrogen and oxygen atoms in total. The summed E-state index contributed by atoms with van der Waals surface area (Å²) in [7, 11) is 0. The van der Waals surface area contributed by atoms with Crippen molar-refractivity contribution in [1.29, 1.82) is 0 Å². The van der Waals surface area contributed by atoms with Crippen molar-refractivity contribution in [3.63, 3.8) is 0 Å². The van der Waals surface area contributed by atoms with Crippen LogP contribution >= 0.6 is 0 Å². The second-order valence-corrected chi connectivity index (χ2v) is 3.97. The Morgan fingerprint density at radius 3 is 1.92 bits per heavy atom. The fraction of sp³-hybridized carbons (Fsp3) is 1.00. The summed E-state index contributed by atoms with van der Waals surface area (Å²) in [6.07, 6.45) is 0. The zero-order chi connectivity index (χ0) is 9.78. The Morgan fingerprint density at radius 2 is 1.67 bits per heavy atom. The number of rotatable bonds is 5. The van der Waals surface area contributed by atoms with Gasteiger partial charge in [0.05, 0.1) is 5.60 Å². The fourth-order valence-corrected chi connectivity index (χ4v) is 1.08. The predicted molar refractivity (Wildman–Crippen MR) is 53.2 cm³/mol. The summed E-state index contributed by atoms with van der Waals surface area (Å²) in [5.41, 5.74) is -0.550. The number of hydrogen-bond donors (Lipinski definition) is 1. The van der Waals surface area contributed by atoms with Gasteiger partial charge in [-0.25, -0.2) is 0 Å². The Morgan fingerprint density at radius 1 is 1.25 bits per heavy atom. The van der Waals surface area contributed by atoms with Crippen molar-refractivity contribution in [2.24, 2.45) is 5.92 Å². The molecule has 1 unspecified atom stereocenters. The molecule has 0 heterocycles. The molecule has 0 saturated carbocycles. The number of aliphatic hydroxyl groups is 1. The molecule has 0 rings (SSSR count). The van der Waals surface area contributed by atoms with E-state index in [1.807, 2.05) is 6.92 Å². The molecule has 2 heteroatoms. The number of hydrogen-bond acceptors (Lipinski definition) is 2. The van der Waals surface area contributed by atoms with Crippen LogP contribution in [0.15, 0.2) is 0 Å². The van der Waals surface area contributed by atoms with E-state index < -0.39 is 5.60 Å². The summed E-state index contributed by atoms with van der Waals surface area (Å²) >= 11 is 0. The summed E-state index contributed by atoms with van der Waals surface area (Å²) < 4.78 is 0. The highest BCUT2D eigenvalue weighted by molar-refractivity contribution is 4.79. The lowest BCUT2D eigenvalue weighted by atomic mass is 9.92. The maximum atomic E-state index is 9.98. The third-order valence-electron chi connectivity index (χ3n) is 2.68. The molecule has 1 N–H and O–H groups in total. The first kappa shape index (κ1) is 11.9. The van der Waals surface area contributed by atoms with Gasteiger partial charge in [-0.1, -0.05) is 27.7 Å². The van der Waals surface area contributed by atoms with Crippen molar-refractivity contribution in [3.05, 3.63) is 0 Å². The summed E-state index contributed by atoms with van der Waals surface area (Å²) in [6.45, 7) is 13.1. The second-order valence-electron chi connectivity index (χ2n) is 3.97. The van der Waals surface area contributed by atoms with Gasteiger partial charge >= 0.3 is 0 Å². The quantitative estimate of drug-likeness (QED) is 0.684. The van der Waals surface area contributed by atoms with E-state index in [0.717, 1.165) is 19.6 Å². The maximum absolute atomic E-state index is 9.98. The monoisotopic (exact) mass is 173 g/mol. The Hall–Kier alpha value is -0.0800. The molecule has 0 fully saturated rings. The SMILES string of the molecule is CCN(CC)CC(C)(O)C(C)C. The molecular formula is C10H23NO.